The SMILES string of the molecule is O=C(C[C@@H]1SC(=N[C@H](c2ccc(O)c(O)c2)c2c(O)[nH]c(=O)[nH]c2=O)NC1=O)Nc1cccc(Cl)c1. The molecule has 0 spiro atoms. The number of rotatable bonds is 6. The lowest BCUT2D eigenvalue weighted by Gasteiger charge is -2.15. The highest BCUT2D eigenvalue weighted by molar-refractivity contribution is 8.15. The monoisotopic (exact) mass is 531 g/mol. The molecule has 0 unspecified atom stereocenters. The number of benzene rings is 2. The smallest absolute Gasteiger partial charge is 0.328 e. The van der Waals surface area contributed by atoms with Crippen molar-refractivity contribution in [3.05, 3.63) is 79.5 Å². The van der Waals surface area contributed by atoms with E-state index in [0.717, 1.165) is 23.9 Å². The molecule has 0 radical (unpaired) electrons. The number of halogens is 1. The fourth-order valence-electron chi connectivity index (χ4n) is 3.42. The largest absolute Gasteiger partial charge is 0.504 e. The molecule has 0 bridgehead atoms. The van der Waals surface area contributed by atoms with E-state index in [1.54, 1.807) is 24.3 Å². The van der Waals surface area contributed by atoms with Gasteiger partial charge in [0.1, 0.15) is 16.9 Å². The summed E-state index contributed by atoms with van der Waals surface area (Å²) in [5, 5.41) is 34.6. The molecule has 2 heterocycles. The predicted molar refractivity (Wildman–Crippen MR) is 133 cm³/mol. The van der Waals surface area contributed by atoms with Gasteiger partial charge in [0, 0.05) is 17.1 Å². The van der Waals surface area contributed by atoms with Gasteiger partial charge in [-0.25, -0.2) is 9.79 Å². The molecule has 4 rings (SSSR count). The summed E-state index contributed by atoms with van der Waals surface area (Å²) >= 11 is 6.84. The number of H-pyrrole nitrogens is 2. The topological polar surface area (TPSA) is 197 Å². The lowest BCUT2D eigenvalue weighted by atomic mass is 10.0. The Balaban J connectivity index is 1.62. The highest BCUT2D eigenvalue weighted by atomic mass is 35.5. The van der Waals surface area contributed by atoms with E-state index in [1.807, 2.05) is 4.98 Å². The normalized spacial score (nSPS) is 17.1. The standard InChI is InChI=1S/C22H18ClN5O7S/c23-10-2-1-3-11(7-10)24-15(31)8-14-18(32)28-22(36-14)25-17(9-4-5-12(29)13(30)6-9)16-19(33)26-21(35)27-20(16)34/h1-7,14,17,29-30H,8H2,(H,24,31)(H,25,28,32)(H3,26,27,33,34,35)/t14-,17+/m0/s1. The molecule has 1 aliphatic heterocycles. The molecule has 2 amide bonds. The van der Waals surface area contributed by atoms with Crippen LogP contribution in [-0.2, 0) is 9.59 Å². The molecule has 0 aliphatic carbocycles. The Morgan fingerprint density at radius 2 is 1.86 bits per heavy atom. The average molecular weight is 532 g/mol. The van der Waals surface area contributed by atoms with Crippen LogP contribution in [0.25, 0.3) is 0 Å². The van der Waals surface area contributed by atoms with Crippen LogP contribution in [0.1, 0.15) is 23.6 Å². The van der Waals surface area contributed by atoms with Crippen molar-refractivity contribution in [2.45, 2.75) is 17.7 Å². The third-order valence-electron chi connectivity index (χ3n) is 5.05. The van der Waals surface area contributed by atoms with Crippen LogP contribution in [0.4, 0.5) is 5.69 Å². The summed E-state index contributed by atoms with van der Waals surface area (Å²) in [6.45, 7) is 0. The van der Waals surface area contributed by atoms with Crippen molar-refractivity contribution in [3.63, 3.8) is 0 Å². The Morgan fingerprint density at radius 3 is 2.56 bits per heavy atom. The van der Waals surface area contributed by atoms with Crippen LogP contribution in [0.3, 0.4) is 0 Å². The number of phenolic OH excluding ortho intramolecular Hbond substituents is 2. The van der Waals surface area contributed by atoms with Gasteiger partial charge in [-0.1, -0.05) is 35.5 Å². The minimum absolute atomic E-state index is 0.0307. The molecule has 12 nitrogen and oxygen atoms in total. The molecular weight excluding hydrogens is 514 g/mol. The minimum atomic E-state index is -1.31. The van der Waals surface area contributed by atoms with E-state index in [9.17, 15) is 34.5 Å². The minimum Gasteiger partial charge on any atom is -0.504 e. The summed E-state index contributed by atoms with van der Waals surface area (Å²) in [6.07, 6.45) is -0.197. The number of thioether (sulfide) groups is 1. The number of hydrogen-bond donors (Lipinski definition) is 7. The molecule has 1 fully saturated rings. The van der Waals surface area contributed by atoms with E-state index < -0.39 is 51.7 Å². The van der Waals surface area contributed by atoms with Crippen molar-refractivity contribution in [1.29, 1.82) is 0 Å². The summed E-state index contributed by atoms with van der Waals surface area (Å²) in [7, 11) is 0. The summed E-state index contributed by atoms with van der Waals surface area (Å²) in [6, 6.07) is 8.81. The first-order valence-corrected chi connectivity index (χ1v) is 11.5. The van der Waals surface area contributed by atoms with Gasteiger partial charge in [-0.05, 0) is 35.9 Å². The number of nitrogens with zero attached hydrogens (tertiary/aromatic N) is 1. The molecule has 0 saturated carbocycles. The van der Waals surface area contributed by atoms with E-state index in [1.165, 1.54) is 6.07 Å². The maximum absolute atomic E-state index is 12.5. The van der Waals surface area contributed by atoms with Crippen LogP contribution in [0.2, 0.25) is 5.02 Å². The Morgan fingerprint density at radius 1 is 1.08 bits per heavy atom. The molecule has 2 atom stereocenters. The molecule has 36 heavy (non-hydrogen) atoms. The highest BCUT2D eigenvalue weighted by Gasteiger charge is 2.34. The fraction of sp³-hybridized carbons (Fsp3) is 0.136. The second-order valence-corrected chi connectivity index (χ2v) is 9.24. The molecule has 7 N–H and O–H groups in total. The number of aliphatic imine (C=N–C) groups is 1. The predicted octanol–water partition coefficient (Wildman–Crippen LogP) is 1.54. The van der Waals surface area contributed by atoms with Crippen molar-refractivity contribution in [2.75, 3.05) is 5.32 Å². The number of amides is 2. The lowest BCUT2D eigenvalue weighted by Crippen LogP contribution is -2.29. The first kappa shape index (κ1) is 24.9. The van der Waals surface area contributed by atoms with E-state index >= 15 is 0 Å². The zero-order valence-corrected chi connectivity index (χ0v) is 19.7. The second kappa shape index (κ2) is 10.2. The molecule has 14 heteroatoms. The maximum Gasteiger partial charge on any atom is 0.328 e. The van der Waals surface area contributed by atoms with E-state index in [2.05, 4.69) is 20.6 Å². The first-order chi connectivity index (χ1) is 17.1. The molecule has 1 saturated heterocycles. The molecule has 3 aromatic rings. The molecule has 2 aromatic carbocycles. The summed E-state index contributed by atoms with van der Waals surface area (Å²) in [5.74, 6) is -2.67. The van der Waals surface area contributed by atoms with Crippen molar-refractivity contribution in [1.82, 2.24) is 15.3 Å². The van der Waals surface area contributed by atoms with Crippen molar-refractivity contribution < 1.29 is 24.9 Å². The second-order valence-electron chi connectivity index (χ2n) is 7.61. The molecule has 1 aliphatic rings. The van der Waals surface area contributed by atoms with Gasteiger partial charge >= 0.3 is 5.69 Å². The third kappa shape index (κ3) is 5.53. The summed E-state index contributed by atoms with van der Waals surface area (Å²) < 4.78 is 0. The average Bonchev–Trinajstić information content (AvgIpc) is 3.12. The zero-order valence-electron chi connectivity index (χ0n) is 18.1. The van der Waals surface area contributed by atoms with Crippen molar-refractivity contribution in [3.8, 4) is 17.4 Å². The van der Waals surface area contributed by atoms with Crippen molar-refractivity contribution >= 4 is 46.0 Å². The Hall–Kier alpha value is -4.23. The third-order valence-corrected chi connectivity index (χ3v) is 6.38. The number of phenols is 2. The van der Waals surface area contributed by atoms with Crippen LogP contribution >= 0.6 is 23.4 Å². The van der Waals surface area contributed by atoms with E-state index in [-0.39, 0.29) is 22.7 Å². The van der Waals surface area contributed by atoms with Crippen LogP contribution in [0.15, 0.2) is 57.0 Å². The van der Waals surface area contributed by atoms with Crippen LogP contribution < -0.4 is 21.9 Å². The number of aromatic nitrogens is 2. The number of nitrogens with one attached hydrogen (secondary N) is 4. The quantitative estimate of drug-likeness (QED) is 0.232. The summed E-state index contributed by atoms with van der Waals surface area (Å²) in [5.41, 5.74) is -1.66. The Kier molecular flexibility index (Phi) is 7.03. The van der Waals surface area contributed by atoms with E-state index in [0.29, 0.717) is 10.7 Å². The summed E-state index contributed by atoms with van der Waals surface area (Å²) in [4.78, 5) is 57.4. The molecular formula is C22H18ClN5O7S. The number of carbonyl (C=O) groups excluding carboxylic acids is 2. The van der Waals surface area contributed by atoms with Crippen LogP contribution in [0.5, 0.6) is 17.4 Å². The number of aromatic amines is 2. The van der Waals surface area contributed by atoms with Gasteiger partial charge in [0.15, 0.2) is 16.7 Å². The van der Waals surface area contributed by atoms with Gasteiger partial charge in [-0.2, -0.15) is 0 Å². The number of anilines is 1. The van der Waals surface area contributed by atoms with Crippen LogP contribution in [-0.4, -0.2) is 47.5 Å². The molecule has 1 aromatic heterocycles. The van der Waals surface area contributed by atoms with Gasteiger partial charge in [0.2, 0.25) is 17.7 Å². The van der Waals surface area contributed by atoms with Crippen LogP contribution in [0, 0.1) is 0 Å². The lowest BCUT2D eigenvalue weighted by molar-refractivity contribution is -0.122. The van der Waals surface area contributed by atoms with Gasteiger partial charge in [0.05, 0.1) is 0 Å². The number of amidine groups is 1. The van der Waals surface area contributed by atoms with E-state index in [4.69, 9.17) is 11.6 Å². The van der Waals surface area contributed by atoms with Crippen molar-refractivity contribution in [2.24, 2.45) is 4.99 Å². The van der Waals surface area contributed by atoms with Gasteiger partial charge < -0.3 is 26.0 Å². The number of hydrogen-bond acceptors (Lipinski definition) is 9. The fourth-order valence-corrected chi connectivity index (χ4v) is 4.60. The van der Waals surface area contributed by atoms with Gasteiger partial charge in [0.25, 0.3) is 5.56 Å². The highest BCUT2D eigenvalue weighted by Crippen LogP contribution is 2.35. The van der Waals surface area contributed by atoms with Gasteiger partial charge in [-0.3, -0.25) is 24.4 Å². The number of carbonyl (C=O) groups is 2. The Labute approximate surface area is 211 Å². The first-order valence-electron chi connectivity index (χ1n) is 10.3. The number of aromatic hydroxyl groups is 3. The van der Waals surface area contributed by atoms with Gasteiger partial charge in [-0.15, -0.1) is 0 Å². The Bertz CT molecular complexity index is 1500. The molecule has 186 valence electrons. The zero-order chi connectivity index (χ0) is 26.0. The maximum atomic E-state index is 12.5.